The first-order chi connectivity index (χ1) is 3.12. The van der Waals surface area contributed by atoms with Gasteiger partial charge in [0.1, 0.15) is 5.16 Å². The smallest absolute Gasteiger partial charge is 0.174 e. The lowest BCUT2D eigenvalue weighted by Gasteiger charge is -2.01. The Morgan fingerprint density at radius 1 is 1.71 bits per heavy atom. The molecule has 0 atom stereocenters. The van der Waals surface area contributed by atoms with Crippen molar-refractivity contribution < 1.29 is 4.57 Å². The number of rotatable bonds is 1. The fourth-order valence-corrected chi connectivity index (χ4v) is 0.0791. The Kier molecular flexibility index (Phi) is 1.99. The van der Waals surface area contributed by atoms with E-state index in [2.05, 4.69) is 5.92 Å². The first-order valence-electron chi connectivity index (χ1n) is 1.94. The Morgan fingerprint density at radius 2 is 2.14 bits per heavy atom. The number of terminal acetylenes is 1. The van der Waals surface area contributed by atoms with E-state index in [0.29, 0.717) is 0 Å². The number of hydrogen-bond acceptors (Lipinski definition) is 1. The molecule has 0 spiro atoms. The molecule has 0 unspecified atom stereocenters. The average molecular weight is 114 g/mol. The van der Waals surface area contributed by atoms with Gasteiger partial charge in [-0.2, -0.15) is 0 Å². The maximum atomic E-state index is 10.0. The van der Waals surface area contributed by atoms with E-state index in [4.69, 9.17) is 6.42 Å². The Bertz CT molecular complexity index is 110. The fraction of sp³-hybridized carbons (Fsp3) is 0.600. The summed E-state index contributed by atoms with van der Waals surface area (Å²) in [6.45, 7) is 3.48. The Labute approximate surface area is 45.3 Å². The molecule has 0 bridgehead atoms. The minimum absolute atomic E-state index is 0.0197. The normalized spacial score (nSPS) is 11.0. The Hall–Kier alpha value is -0.340. The van der Waals surface area contributed by atoms with Crippen molar-refractivity contribution in [3.8, 4) is 12.3 Å². The monoisotopic (exact) mass is 114 g/mol. The van der Waals surface area contributed by atoms with Crippen molar-refractivity contribution in [3.05, 3.63) is 0 Å². The van der Waals surface area contributed by atoms with Crippen LogP contribution in [0.4, 0.5) is 0 Å². The van der Waals surface area contributed by atoms with Gasteiger partial charge in [0.05, 0.1) is 0 Å². The first kappa shape index (κ1) is 6.66. The second-order valence-electron chi connectivity index (χ2n) is 1.79. The van der Waals surface area contributed by atoms with Crippen LogP contribution in [-0.4, -0.2) is 5.16 Å². The third-order valence-electron chi connectivity index (χ3n) is 0.581. The lowest BCUT2D eigenvalue weighted by Crippen LogP contribution is -2.03. The van der Waals surface area contributed by atoms with E-state index >= 15 is 0 Å². The zero-order chi connectivity index (χ0) is 5.91. The predicted molar refractivity (Wildman–Crippen MR) is 30.5 cm³/mol. The van der Waals surface area contributed by atoms with Gasteiger partial charge in [-0.1, -0.05) is 5.92 Å². The van der Waals surface area contributed by atoms with Crippen LogP contribution in [-0.2, 0) is 4.57 Å². The van der Waals surface area contributed by atoms with Crippen molar-refractivity contribution in [1.82, 2.24) is 0 Å². The topological polar surface area (TPSA) is 17.1 Å². The molecule has 0 heterocycles. The van der Waals surface area contributed by atoms with Gasteiger partial charge < -0.3 is 0 Å². The van der Waals surface area contributed by atoms with Crippen molar-refractivity contribution in [3.63, 3.8) is 0 Å². The molecule has 0 radical (unpaired) electrons. The van der Waals surface area contributed by atoms with Gasteiger partial charge in [-0.05, 0) is 13.8 Å². The van der Waals surface area contributed by atoms with Crippen LogP contribution in [0, 0.1) is 12.3 Å². The van der Waals surface area contributed by atoms with Crippen molar-refractivity contribution in [1.29, 1.82) is 0 Å². The van der Waals surface area contributed by atoms with Crippen LogP contribution in [0.1, 0.15) is 13.8 Å². The van der Waals surface area contributed by atoms with Crippen LogP contribution in [0.25, 0.3) is 0 Å². The summed E-state index contributed by atoms with van der Waals surface area (Å²) in [4.78, 5) is 0. The summed E-state index contributed by atoms with van der Waals surface area (Å²) < 4.78 is 10.0. The second kappa shape index (κ2) is 2.09. The van der Waals surface area contributed by atoms with Crippen LogP contribution in [0.3, 0.4) is 0 Å². The molecule has 0 saturated heterocycles. The molecule has 0 N–H and O–H groups in total. The lowest BCUT2D eigenvalue weighted by molar-refractivity contribution is 0.588. The summed E-state index contributed by atoms with van der Waals surface area (Å²) in [5.41, 5.74) is 0. The highest BCUT2D eigenvalue weighted by Gasteiger charge is 2.11. The molecule has 0 aromatic rings. The molecule has 0 aromatic heterocycles. The quantitative estimate of drug-likeness (QED) is 0.374. The Balaban J connectivity index is 3.91. The van der Waals surface area contributed by atoms with E-state index in [1.807, 2.05) is 0 Å². The molecule has 1 nitrogen and oxygen atoms in total. The van der Waals surface area contributed by atoms with Gasteiger partial charge in [0.15, 0.2) is 8.46 Å². The third kappa shape index (κ3) is 2.37. The van der Waals surface area contributed by atoms with E-state index in [9.17, 15) is 4.57 Å². The molecule has 0 aliphatic heterocycles. The standard InChI is InChI=1S/C5H7OP/c1-4-5(2,3)7-6/h1H,2-3H3. The highest BCUT2D eigenvalue weighted by Crippen LogP contribution is 2.18. The minimum atomic E-state index is -0.472. The van der Waals surface area contributed by atoms with Gasteiger partial charge in [-0.3, -0.25) is 4.57 Å². The van der Waals surface area contributed by atoms with Crippen molar-refractivity contribution in [2.24, 2.45) is 0 Å². The molecule has 0 rings (SSSR count). The largest absolute Gasteiger partial charge is 0.273 e. The molecule has 2 heteroatoms. The summed E-state index contributed by atoms with van der Waals surface area (Å²) in [5, 5.41) is -0.472. The maximum Gasteiger partial charge on any atom is 0.174 e. The van der Waals surface area contributed by atoms with E-state index < -0.39 is 5.16 Å². The summed E-state index contributed by atoms with van der Waals surface area (Å²) in [6.07, 6.45) is 4.96. The van der Waals surface area contributed by atoms with Gasteiger partial charge in [0.2, 0.25) is 0 Å². The van der Waals surface area contributed by atoms with Crippen molar-refractivity contribution in [2.45, 2.75) is 19.0 Å². The van der Waals surface area contributed by atoms with E-state index in [-0.39, 0.29) is 8.46 Å². The predicted octanol–water partition coefficient (Wildman–Crippen LogP) is 1.69. The van der Waals surface area contributed by atoms with Crippen LogP contribution in [0.2, 0.25) is 0 Å². The summed E-state index contributed by atoms with van der Waals surface area (Å²) >= 11 is 0. The van der Waals surface area contributed by atoms with Gasteiger partial charge in [-0.15, -0.1) is 6.42 Å². The molecule has 0 fully saturated rings. The Morgan fingerprint density at radius 3 is 2.14 bits per heavy atom. The average Bonchev–Trinajstić information content (AvgIpc) is 1.68. The third-order valence-corrected chi connectivity index (χ3v) is 1.17. The van der Waals surface area contributed by atoms with Crippen LogP contribution < -0.4 is 0 Å². The van der Waals surface area contributed by atoms with Gasteiger partial charge in [0, 0.05) is 0 Å². The minimum Gasteiger partial charge on any atom is -0.273 e. The van der Waals surface area contributed by atoms with E-state index in [1.165, 1.54) is 0 Å². The highest BCUT2D eigenvalue weighted by molar-refractivity contribution is 7.26. The molecular formula is C5H7OP. The maximum absolute atomic E-state index is 10.0. The van der Waals surface area contributed by atoms with Crippen LogP contribution in [0.15, 0.2) is 0 Å². The van der Waals surface area contributed by atoms with Gasteiger partial charge in [-0.25, -0.2) is 0 Å². The summed E-state index contributed by atoms with van der Waals surface area (Å²) in [5.74, 6) is 2.37. The van der Waals surface area contributed by atoms with Gasteiger partial charge in [0.25, 0.3) is 0 Å². The molecule has 0 aliphatic carbocycles. The molecular weight excluding hydrogens is 107 g/mol. The second-order valence-corrected chi connectivity index (χ2v) is 3.10. The zero-order valence-corrected chi connectivity index (χ0v) is 5.33. The van der Waals surface area contributed by atoms with E-state index in [1.54, 1.807) is 13.8 Å². The van der Waals surface area contributed by atoms with Crippen LogP contribution >= 0.6 is 8.46 Å². The molecule has 0 aromatic carbocycles. The summed E-state index contributed by atoms with van der Waals surface area (Å²) in [6, 6.07) is 0. The van der Waals surface area contributed by atoms with Gasteiger partial charge >= 0.3 is 0 Å². The molecule has 0 aliphatic rings. The number of hydrogen-bond donors (Lipinski definition) is 0. The van der Waals surface area contributed by atoms with Crippen LogP contribution in [0.5, 0.6) is 0 Å². The van der Waals surface area contributed by atoms with Crippen molar-refractivity contribution in [2.75, 3.05) is 0 Å². The lowest BCUT2D eigenvalue weighted by atomic mass is 10.2. The molecule has 7 heavy (non-hydrogen) atoms. The SMILES string of the molecule is C#CC(C)(C)P=O. The molecule has 38 valence electrons. The summed E-state index contributed by atoms with van der Waals surface area (Å²) in [7, 11) is 0.0197. The fourth-order valence-electron chi connectivity index (χ4n) is 0.0264. The molecule has 0 saturated carbocycles. The van der Waals surface area contributed by atoms with E-state index in [0.717, 1.165) is 0 Å². The highest BCUT2D eigenvalue weighted by atomic mass is 31.1. The zero-order valence-electron chi connectivity index (χ0n) is 4.43. The van der Waals surface area contributed by atoms with Crippen molar-refractivity contribution >= 4 is 8.46 Å². The first-order valence-corrected chi connectivity index (χ1v) is 2.76. The molecule has 0 amide bonds.